The summed E-state index contributed by atoms with van der Waals surface area (Å²) in [5.41, 5.74) is 3.21. The van der Waals surface area contributed by atoms with Gasteiger partial charge in [-0.2, -0.15) is 0 Å². The van der Waals surface area contributed by atoms with Crippen LogP contribution in [0.1, 0.15) is 34.5 Å². The van der Waals surface area contributed by atoms with E-state index in [4.69, 9.17) is 18.9 Å². The molecule has 0 saturated carbocycles. The van der Waals surface area contributed by atoms with Gasteiger partial charge in [0.25, 0.3) is 5.91 Å². The molecule has 0 spiro atoms. The zero-order chi connectivity index (χ0) is 24.1. The van der Waals surface area contributed by atoms with E-state index >= 15 is 0 Å². The second-order valence-electron chi connectivity index (χ2n) is 7.86. The van der Waals surface area contributed by atoms with Crippen molar-refractivity contribution < 1.29 is 23.7 Å². The van der Waals surface area contributed by atoms with Crippen LogP contribution in [-0.4, -0.2) is 45.3 Å². The Kier molecular flexibility index (Phi) is 7.43. The molecule has 0 fully saturated rings. The van der Waals surface area contributed by atoms with E-state index in [0.29, 0.717) is 29.5 Å². The van der Waals surface area contributed by atoms with E-state index in [1.807, 2.05) is 65.8 Å². The number of methoxy groups -OCH3 is 3. The number of nitrogens with zero attached hydrogens (tertiary/aromatic N) is 1. The summed E-state index contributed by atoms with van der Waals surface area (Å²) in [4.78, 5) is 16.4. The molecule has 0 bridgehead atoms. The molecule has 0 radical (unpaired) electrons. The summed E-state index contributed by atoms with van der Waals surface area (Å²) in [7, 11) is 4.86. The van der Waals surface area contributed by atoms with Crippen molar-refractivity contribution in [3.8, 4) is 23.0 Å². The minimum Gasteiger partial charge on any atom is -0.493 e. The molecule has 1 unspecified atom stereocenters. The van der Waals surface area contributed by atoms with E-state index in [1.54, 1.807) is 32.7 Å². The van der Waals surface area contributed by atoms with Gasteiger partial charge in [0.1, 0.15) is 0 Å². The van der Waals surface area contributed by atoms with Crippen LogP contribution in [0.25, 0.3) is 6.08 Å². The third kappa shape index (κ3) is 4.75. The van der Waals surface area contributed by atoms with E-state index in [2.05, 4.69) is 6.07 Å². The van der Waals surface area contributed by atoms with Crippen LogP contribution >= 0.6 is 11.3 Å². The number of fused-ring (bicyclic) bond motifs is 1. The van der Waals surface area contributed by atoms with Gasteiger partial charge in [0.05, 0.1) is 27.4 Å². The number of amides is 1. The van der Waals surface area contributed by atoms with Crippen molar-refractivity contribution in [3.63, 3.8) is 0 Å². The number of thiophene rings is 1. The van der Waals surface area contributed by atoms with E-state index in [-0.39, 0.29) is 18.6 Å². The highest BCUT2D eigenvalue weighted by Crippen LogP contribution is 2.42. The molecule has 0 aliphatic carbocycles. The Bertz CT molecular complexity index is 1170. The van der Waals surface area contributed by atoms with E-state index in [1.165, 1.54) is 0 Å². The van der Waals surface area contributed by atoms with Gasteiger partial charge >= 0.3 is 0 Å². The Balaban J connectivity index is 1.61. The molecule has 3 aromatic rings. The predicted molar refractivity (Wildman–Crippen MR) is 134 cm³/mol. The van der Waals surface area contributed by atoms with Crippen molar-refractivity contribution in [2.75, 3.05) is 34.5 Å². The summed E-state index contributed by atoms with van der Waals surface area (Å²) >= 11 is 1.63. The minimum atomic E-state index is -0.210. The molecule has 1 aliphatic heterocycles. The highest BCUT2D eigenvalue weighted by Gasteiger charge is 2.34. The first kappa shape index (κ1) is 23.7. The van der Waals surface area contributed by atoms with Crippen LogP contribution in [0, 0.1) is 0 Å². The highest BCUT2D eigenvalue weighted by molar-refractivity contribution is 7.10. The average molecular weight is 480 g/mol. The Morgan fingerprint density at radius 3 is 2.44 bits per heavy atom. The molecule has 1 atom stereocenters. The van der Waals surface area contributed by atoms with Crippen LogP contribution in [0.3, 0.4) is 0 Å². The lowest BCUT2D eigenvalue weighted by Crippen LogP contribution is -2.42. The monoisotopic (exact) mass is 479 g/mol. The van der Waals surface area contributed by atoms with Crippen molar-refractivity contribution in [1.29, 1.82) is 0 Å². The zero-order valence-electron chi connectivity index (χ0n) is 19.9. The van der Waals surface area contributed by atoms with Crippen LogP contribution in [-0.2, 0) is 11.2 Å². The van der Waals surface area contributed by atoms with Crippen LogP contribution in [0.15, 0.2) is 53.9 Å². The summed E-state index contributed by atoms with van der Waals surface area (Å²) in [6.45, 7) is 2.47. The number of rotatable bonds is 8. The van der Waals surface area contributed by atoms with Crippen molar-refractivity contribution in [2.45, 2.75) is 19.4 Å². The molecule has 178 valence electrons. The molecule has 34 heavy (non-hydrogen) atoms. The maximum atomic E-state index is 13.4. The molecule has 1 amide bonds. The third-order valence-electron chi connectivity index (χ3n) is 5.90. The fourth-order valence-electron chi connectivity index (χ4n) is 4.29. The lowest BCUT2D eigenvalue weighted by atomic mass is 9.90. The molecule has 2 aromatic carbocycles. The molecule has 4 rings (SSSR count). The third-order valence-corrected chi connectivity index (χ3v) is 6.83. The number of hydrogen-bond donors (Lipinski definition) is 0. The first-order chi connectivity index (χ1) is 16.6. The fourth-order valence-corrected chi connectivity index (χ4v) is 5.14. The predicted octanol–water partition coefficient (Wildman–Crippen LogP) is 5.36. The standard InChI is InChI=1S/C27H29NO5S/c1-5-7-18-9-10-21(22(14-18)30-2)33-17-26(29)28-12-11-19-15-23(31-3)24(32-4)16-20(19)27(28)25-8-6-13-34-25/h5-10,13-16,27H,11-12,17H2,1-4H3/b7-5+. The minimum absolute atomic E-state index is 0.0795. The van der Waals surface area contributed by atoms with Crippen molar-refractivity contribution in [3.05, 3.63) is 75.5 Å². The Labute approximate surface area is 204 Å². The Morgan fingerprint density at radius 2 is 1.76 bits per heavy atom. The summed E-state index contributed by atoms with van der Waals surface area (Å²) in [5.74, 6) is 2.40. The van der Waals surface area contributed by atoms with E-state index < -0.39 is 0 Å². The van der Waals surface area contributed by atoms with Gasteiger partial charge in [-0.15, -0.1) is 11.3 Å². The van der Waals surface area contributed by atoms with Crippen LogP contribution in [0.5, 0.6) is 23.0 Å². The summed E-state index contributed by atoms with van der Waals surface area (Å²) < 4.78 is 22.5. The van der Waals surface area contributed by atoms with Gasteiger partial charge in [-0.25, -0.2) is 0 Å². The summed E-state index contributed by atoms with van der Waals surface area (Å²) in [5, 5.41) is 2.03. The van der Waals surface area contributed by atoms with Crippen molar-refractivity contribution in [1.82, 2.24) is 4.90 Å². The second kappa shape index (κ2) is 10.7. The number of carbonyl (C=O) groups excluding carboxylic acids is 1. The molecule has 0 N–H and O–H groups in total. The zero-order valence-corrected chi connectivity index (χ0v) is 20.7. The molecule has 7 heteroatoms. The fraction of sp³-hybridized carbons (Fsp3) is 0.296. The maximum Gasteiger partial charge on any atom is 0.261 e. The summed E-state index contributed by atoms with van der Waals surface area (Å²) in [6, 6.07) is 13.5. The number of allylic oxidation sites excluding steroid dienone is 1. The number of carbonyl (C=O) groups is 1. The summed E-state index contributed by atoms with van der Waals surface area (Å²) in [6.07, 6.45) is 4.67. The van der Waals surface area contributed by atoms with E-state index in [9.17, 15) is 4.79 Å². The van der Waals surface area contributed by atoms with Crippen LogP contribution < -0.4 is 18.9 Å². The molecule has 6 nitrogen and oxygen atoms in total. The Morgan fingerprint density at radius 1 is 1.03 bits per heavy atom. The highest BCUT2D eigenvalue weighted by atomic mass is 32.1. The largest absolute Gasteiger partial charge is 0.493 e. The first-order valence-electron chi connectivity index (χ1n) is 11.1. The Hall–Kier alpha value is -3.45. The normalized spacial score (nSPS) is 15.2. The molecule has 1 aromatic heterocycles. The molecule has 1 aliphatic rings. The van der Waals surface area contributed by atoms with Gasteiger partial charge in [0.2, 0.25) is 0 Å². The van der Waals surface area contributed by atoms with Gasteiger partial charge in [0, 0.05) is 11.4 Å². The number of benzene rings is 2. The average Bonchev–Trinajstić information content (AvgIpc) is 3.40. The first-order valence-corrected chi connectivity index (χ1v) is 12.0. The van der Waals surface area contributed by atoms with Gasteiger partial charge in [-0.3, -0.25) is 4.79 Å². The smallest absolute Gasteiger partial charge is 0.261 e. The molecule has 2 heterocycles. The maximum absolute atomic E-state index is 13.4. The van der Waals surface area contributed by atoms with E-state index in [0.717, 1.165) is 28.0 Å². The van der Waals surface area contributed by atoms with Gasteiger partial charge < -0.3 is 23.8 Å². The quantitative estimate of drug-likeness (QED) is 0.435. The lowest BCUT2D eigenvalue weighted by Gasteiger charge is -2.37. The topological polar surface area (TPSA) is 57.2 Å². The molecular weight excluding hydrogens is 450 g/mol. The SMILES string of the molecule is C/C=C/c1ccc(OCC(=O)N2CCc3cc(OC)c(OC)cc3C2c2cccs2)c(OC)c1. The number of ether oxygens (including phenoxy) is 4. The molecular formula is C27H29NO5S. The van der Waals surface area contributed by atoms with Crippen LogP contribution in [0.2, 0.25) is 0 Å². The lowest BCUT2D eigenvalue weighted by molar-refractivity contribution is -0.135. The van der Waals surface area contributed by atoms with Crippen molar-refractivity contribution >= 4 is 23.3 Å². The molecule has 0 saturated heterocycles. The van der Waals surface area contributed by atoms with Gasteiger partial charge in [-0.05, 0) is 65.7 Å². The van der Waals surface area contributed by atoms with Crippen molar-refractivity contribution in [2.24, 2.45) is 0 Å². The second-order valence-corrected chi connectivity index (χ2v) is 8.84. The van der Waals surface area contributed by atoms with Gasteiger partial charge in [0.15, 0.2) is 29.6 Å². The number of hydrogen-bond acceptors (Lipinski definition) is 6. The van der Waals surface area contributed by atoms with Gasteiger partial charge in [-0.1, -0.05) is 24.3 Å². The van der Waals surface area contributed by atoms with Crippen LogP contribution in [0.4, 0.5) is 0 Å².